The van der Waals surface area contributed by atoms with Crippen LogP contribution in [-0.4, -0.2) is 51.0 Å². The van der Waals surface area contributed by atoms with Gasteiger partial charge in [0.2, 0.25) is 0 Å². The summed E-state index contributed by atoms with van der Waals surface area (Å²) in [7, 11) is 0.442. The maximum atomic E-state index is 12.5. The van der Waals surface area contributed by atoms with E-state index in [1.54, 1.807) is 25.4 Å². The summed E-state index contributed by atoms with van der Waals surface area (Å²) in [5, 5.41) is 2.88. The number of anilines is 1. The summed E-state index contributed by atoms with van der Waals surface area (Å²) < 4.78 is 28.5. The number of aromatic nitrogens is 1. The van der Waals surface area contributed by atoms with Crippen molar-refractivity contribution >= 4 is 21.6 Å². The molecule has 1 aliphatic rings. The van der Waals surface area contributed by atoms with Crippen LogP contribution in [0, 0.1) is 0 Å². The van der Waals surface area contributed by atoms with E-state index in [1.165, 1.54) is 0 Å². The molecule has 1 aromatic heterocycles. The Hall–Kier alpha value is -2.61. The summed E-state index contributed by atoms with van der Waals surface area (Å²) in [5.74, 6) is 1.47. The molecular formula is C19H23N3O4S. The molecule has 0 saturated carbocycles. The minimum absolute atomic E-state index is 0.111. The summed E-state index contributed by atoms with van der Waals surface area (Å²) >= 11 is 0. The minimum Gasteiger partial charge on any atom is -0.497 e. The quantitative estimate of drug-likeness (QED) is 0.808. The molecule has 27 heavy (non-hydrogen) atoms. The molecule has 3 rings (SSSR count). The van der Waals surface area contributed by atoms with Gasteiger partial charge >= 0.3 is 0 Å². The van der Waals surface area contributed by atoms with Crippen LogP contribution >= 0.6 is 0 Å². The molecule has 0 aliphatic carbocycles. The zero-order valence-corrected chi connectivity index (χ0v) is 16.2. The predicted octanol–water partition coefficient (Wildman–Crippen LogP) is 1.64. The van der Waals surface area contributed by atoms with Crippen molar-refractivity contribution in [3.05, 3.63) is 53.7 Å². The fraction of sp³-hybridized carbons (Fsp3) is 0.368. The van der Waals surface area contributed by atoms with Crippen LogP contribution in [0.1, 0.15) is 22.3 Å². The number of pyridine rings is 1. The summed E-state index contributed by atoms with van der Waals surface area (Å²) in [6, 6.07) is 10.7. The Morgan fingerprint density at radius 2 is 2.04 bits per heavy atom. The Balaban J connectivity index is 1.64. The topological polar surface area (TPSA) is 88.6 Å². The van der Waals surface area contributed by atoms with Crippen LogP contribution in [-0.2, 0) is 16.4 Å². The maximum absolute atomic E-state index is 12.5. The number of benzene rings is 1. The van der Waals surface area contributed by atoms with Crippen molar-refractivity contribution in [1.29, 1.82) is 0 Å². The lowest BCUT2D eigenvalue weighted by Gasteiger charge is -2.24. The normalized spacial score (nSPS) is 18.1. The van der Waals surface area contributed by atoms with Crippen molar-refractivity contribution in [2.45, 2.75) is 19.0 Å². The van der Waals surface area contributed by atoms with E-state index in [0.29, 0.717) is 24.3 Å². The second kappa shape index (κ2) is 7.96. The first kappa shape index (κ1) is 19.2. The molecule has 1 amide bonds. The number of hydrogen-bond donors (Lipinski definition) is 1. The first-order valence-corrected chi connectivity index (χ1v) is 10.5. The van der Waals surface area contributed by atoms with Gasteiger partial charge in [0.1, 0.15) is 11.6 Å². The third kappa shape index (κ3) is 4.77. The molecule has 1 fully saturated rings. The van der Waals surface area contributed by atoms with Gasteiger partial charge in [-0.05, 0) is 36.2 Å². The molecule has 2 aromatic rings. The lowest BCUT2D eigenvalue weighted by Crippen LogP contribution is -2.33. The van der Waals surface area contributed by atoms with Crippen molar-refractivity contribution in [2.24, 2.45) is 0 Å². The largest absolute Gasteiger partial charge is 0.497 e. The number of methoxy groups -OCH3 is 1. The van der Waals surface area contributed by atoms with Gasteiger partial charge in [-0.3, -0.25) is 4.79 Å². The Bertz CT molecular complexity index is 913. The number of rotatable bonds is 6. The van der Waals surface area contributed by atoms with Crippen LogP contribution in [0.3, 0.4) is 0 Å². The second-order valence-electron chi connectivity index (χ2n) is 6.60. The third-order valence-corrected chi connectivity index (χ3v) is 6.49. The smallest absolute Gasteiger partial charge is 0.251 e. The molecule has 144 valence electrons. The molecule has 0 bridgehead atoms. The van der Waals surface area contributed by atoms with E-state index in [4.69, 9.17) is 4.74 Å². The van der Waals surface area contributed by atoms with Gasteiger partial charge in [-0.1, -0.05) is 12.1 Å². The van der Waals surface area contributed by atoms with Crippen LogP contribution < -0.4 is 15.0 Å². The van der Waals surface area contributed by atoms with E-state index in [9.17, 15) is 13.2 Å². The molecule has 1 N–H and O–H groups in total. The summed E-state index contributed by atoms with van der Waals surface area (Å²) in [6.07, 6.45) is 2.14. The van der Waals surface area contributed by atoms with Crippen molar-refractivity contribution in [1.82, 2.24) is 10.3 Å². The molecule has 1 unspecified atom stereocenters. The van der Waals surface area contributed by atoms with Gasteiger partial charge in [0.15, 0.2) is 9.84 Å². The van der Waals surface area contributed by atoms with E-state index in [2.05, 4.69) is 10.3 Å². The highest BCUT2D eigenvalue weighted by molar-refractivity contribution is 7.91. The van der Waals surface area contributed by atoms with E-state index >= 15 is 0 Å². The monoisotopic (exact) mass is 389 g/mol. The Labute approximate surface area is 159 Å². The molecule has 1 aliphatic heterocycles. The molecule has 1 saturated heterocycles. The SMILES string of the molecule is COc1ccc(CNC(=O)c2ccnc(N(C)C3CCS(=O)(=O)C3)c2)cc1. The van der Waals surface area contributed by atoms with Crippen LogP contribution in [0.5, 0.6) is 5.75 Å². The van der Waals surface area contributed by atoms with E-state index in [-0.39, 0.29) is 23.5 Å². The highest BCUT2D eigenvalue weighted by atomic mass is 32.2. The van der Waals surface area contributed by atoms with Gasteiger partial charge in [-0.2, -0.15) is 0 Å². The molecule has 2 heterocycles. The van der Waals surface area contributed by atoms with E-state index in [0.717, 1.165) is 11.3 Å². The Kier molecular flexibility index (Phi) is 5.65. The number of nitrogens with one attached hydrogen (secondary N) is 1. The van der Waals surface area contributed by atoms with Crippen LogP contribution in [0.4, 0.5) is 5.82 Å². The van der Waals surface area contributed by atoms with Gasteiger partial charge in [-0.15, -0.1) is 0 Å². The van der Waals surface area contributed by atoms with Crippen molar-refractivity contribution < 1.29 is 17.9 Å². The number of nitrogens with zero attached hydrogens (tertiary/aromatic N) is 2. The molecular weight excluding hydrogens is 366 g/mol. The number of sulfone groups is 1. The van der Waals surface area contributed by atoms with Gasteiger partial charge in [0.25, 0.3) is 5.91 Å². The third-order valence-electron chi connectivity index (χ3n) is 4.74. The number of carbonyl (C=O) groups excluding carboxylic acids is 1. The van der Waals surface area contributed by atoms with Gasteiger partial charge in [0, 0.05) is 31.4 Å². The standard InChI is InChI=1S/C19H23N3O4S/c1-22(16-8-10-27(24,25)13-16)18-11-15(7-9-20-18)19(23)21-12-14-3-5-17(26-2)6-4-14/h3-7,9,11,16H,8,10,12-13H2,1-2H3,(H,21,23). The van der Waals surface area contributed by atoms with Crippen LogP contribution in [0.2, 0.25) is 0 Å². The molecule has 0 radical (unpaired) electrons. The van der Waals surface area contributed by atoms with Gasteiger partial charge < -0.3 is 15.0 Å². The highest BCUT2D eigenvalue weighted by Gasteiger charge is 2.31. The zero-order valence-electron chi connectivity index (χ0n) is 15.4. The average Bonchev–Trinajstić information content (AvgIpc) is 3.05. The number of amides is 1. The van der Waals surface area contributed by atoms with Crippen LogP contribution in [0.15, 0.2) is 42.6 Å². The molecule has 0 spiro atoms. The van der Waals surface area contributed by atoms with E-state index < -0.39 is 9.84 Å². The molecule has 8 heteroatoms. The number of carbonyl (C=O) groups is 1. The fourth-order valence-corrected chi connectivity index (χ4v) is 4.82. The molecule has 7 nitrogen and oxygen atoms in total. The van der Waals surface area contributed by atoms with Crippen molar-refractivity contribution in [3.63, 3.8) is 0 Å². The second-order valence-corrected chi connectivity index (χ2v) is 8.83. The first-order valence-electron chi connectivity index (χ1n) is 8.68. The summed E-state index contributed by atoms with van der Waals surface area (Å²) in [5.41, 5.74) is 1.45. The van der Waals surface area contributed by atoms with Gasteiger partial charge in [0.05, 0.1) is 18.6 Å². The van der Waals surface area contributed by atoms with E-state index in [1.807, 2.05) is 36.2 Å². The molecule has 1 atom stereocenters. The van der Waals surface area contributed by atoms with Crippen molar-refractivity contribution in [3.8, 4) is 5.75 Å². The predicted molar refractivity (Wildman–Crippen MR) is 104 cm³/mol. The van der Waals surface area contributed by atoms with Gasteiger partial charge in [-0.25, -0.2) is 13.4 Å². The number of hydrogen-bond acceptors (Lipinski definition) is 6. The minimum atomic E-state index is -2.98. The fourth-order valence-electron chi connectivity index (χ4n) is 3.05. The van der Waals surface area contributed by atoms with Crippen molar-refractivity contribution in [2.75, 3.05) is 30.6 Å². The highest BCUT2D eigenvalue weighted by Crippen LogP contribution is 2.22. The zero-order chi connectivity index (χ0) is 19.4. The van der Waals surface area contributed by atoms with Crippen LogP contribution in [0.25, 0.3) is 0 Å². The Morgan fingerprint density at radius 3 is 2.67 bits per heavy atom. The summed E-state index contributed by atoms with van der Waals surface area (Å²) in [4.78, 5) is 18.6. The lowest BCUT2D eigenvalue weighted by atomic mass is 10.2. The first-order chi connectivity index (χ1) is 12.9. The molecule has 1 aromatic carbocycles. The average molecular weight is 389 g/mol. The maximum Gasteiger partial charge on any atom is 0.251 e. The number of ether oxygens (including phenoxy) is 1. The summed E-state index contributed by atoms with van der Waals surface area (Å²) in [6.45, 7) is 0.400. The lowest BCUT2D eigenvalue weighted by molar-refractivity contribution is 0.0951. The Morgan fingerprint density at radius 1 is 1.30 bits per heavy atom.